The number of hydrogen-bond acceptors (Lipinski definition) is 3. The lowest BCUT2D eigenvalue weighted by molar-refractivity contribution is 0.108. The molecule has 4 heteroatoms. The number of rotatable bonds is 5. The Labute approximate surface area is 102 Å². The lowest BCUT2D eigenvalue weighted by Crippen LogP contribution is -2.28. The van der Waals surface area contributed by atoms with Crippen molar-refractivity contribution in [2.45, 2.75) is 12.5 Å². The van der Waals surface area contributed by atoms with Crippen molar-refractivity contribution in [3.05, 3.63) is 30.1 Å². The zero-order chi connectivity index (χ0) is 12.1. The minimum atomic E-state index is -0.199. The van der Waals surface area contributed by atoms with Crippen LogP contribution in [0.4, 0.5) is 10.1 Å². The van der Waals surface area contributed by atoms with Crippen molar-refractivity contribution in [2.75, 3.05) is 38.6 Å². The van der Waals surface area contributed by atoms with Gasteiger partial charge in [0.05, 0.1) is 6.10 Å². The van der Waals surface area contributed by atoms with Gasteiger partial charge < -0.3 is 10.1 Å². The summed E-state index contributed by atoms with van der Waals surface area (Å²) in [4.78, 5) is 2.36. The molecule has 1 N–H and O–H groups in total. The van der Waals surface area contributed by atoms with E-state index in [4.69, 9.17) is 4.74 Å². The fourth-order valence-corrected chi connectivity index (χ4v) is 2.15. The van der Waals surface area contributed by atoms with Crippen LogP contribution in [0.2, 0.25) is 0 Å². The summed E-state index contributed by atoms with van der Waals surface area (Å²) in [6, 6.07) is 6.57. The third-order valence-electron chi connectivity index (χ3n) is 3.14. The summed E-state index contributed by atoms with van der Waals surface area (Å²) in [6.45, 7) is 3.89. The highest BCUT2D eigenvalue weighted by Gasteiger charge is 2.20. The second-order valence-electron chi connectivity index (χ2n) is 4.38. The largest absolute Gasteiger partial charge is 0.384 e. The topological polar surface area (TPSA) is 24.5 Å². The maximum atomic E-state index is 12.9. The van der Waals surface area contributed by atoms with Gasteiger partial charge in [-0.1, -0.05) is 6.07 Å². The first-order chi connectivity index (χ1) is 8.28. The van der Waals surface area contributed by atoms with Gasteiger partial charge >= 0.3 is 0 Å². The average molecular weight is 238 g/mol. The van der Waals surface area contributed by atoms with Crippen molar-refractivity contribution in [3.8, 4) is 0 Å². The fourth-order valence-electron chi connectivity index (χ4n) is 2.15. The molecule has 1 heterocycles. The average Bonchev–Trinajstić information content (AvgIpc) is 2.77. The predicted molar refractivity (Wildman–Crippen MR) is 66.7 cm³/mol. The zero-order valence-electron chi connectivity index (χ0n) is 10.2. The summed E-state index contributed by atoms with van der Waals surface area (Å²) >= 11 is 0. The van der Waals surface area contributed by atoms with Crippen molar-refractivity contribution in [1.29, 1.82) is 0 Å². The van der Waals surface area contributed by atoms with Gasteiger partial charge in [0, 0.05) is 39.0 Å². The molecule has 1 saturated heterocycles. The first-order valence-electron chi connectivity index (χ1n) is 6.02. The highest BCUT2D eigenvalue weighted by Crippen LogP contribution is 2.12. The number of nitrogens with one attached hydrogen (secondary N) is 1. The predicted octanol–water partition coefficient (Wildman–Crippen LogP) is 1.96. The summed E-state index contributed by atoms with van der Waals surface area (Å²) in [6.07, 6.45) is 1.49. The Hall–Kier alpha value is -1.13. The first-order valence-corrected chi connectivity index (χ1v) is 6.02. The lowest BCUT2D eigenvalue weighted by atomic mass is 10.3. The molecule has 0 spiro atoms. The molecule has 1 fully saturated rings. The summed E-state index contributed by atoms with van der Waals surface area (Å²) in [7, 11) is 1.76. The van der Waals surface area contributed by atoms with Gasteiger partial charge in [-0.15, -0.1) is 0 Å². The molecule has 17 heavy (non-hydrogen) atoms. The molecule has 0 radical (unpaired) electrons. The minimum absolute atomic E-state index is 0.199. The monoisotopic (exact) mass is 238 g/mol. The van der Waals surface area contributed by atoms with E-state index in [-0.39, 0.29) is 5.82 Å². The quantitative estimate of drug-likeness (QED) is 0.848. The SMILES string of the molecule is COC1CCN(CCNc2cccc(F)c2)C1. The van der Waals surface area contributed by atoms with Gasteiger partial charge in [0.1, 0.15) is 5.82 Å². The molecule has 0 aliphatic carbocycles. The van der Waals surface area contributed by atoms with Gasteiger partial charge in [-0.2, -0.15) is 0 Å². The fraction of sp³-hybridized carbons (Fsp3) is 0.538. The number of hydrogen-bond donors (Lipinski definition) is 1. The molecular weight excluding hydrogens is 219 g/mol. The Kier molecular flexibility index (Phi) is 4.34. The van der Waals surface area contributed by atoms with E-state index in [2.05, 4.69) is 10.2 Å². The maximum Gasteiger partial charge on any atom is 0.125 e. The van der Waals surface area contributed by atoms with Gasteiger partial charge in [0.15, 0.2) is 0 Å². The number of anilines is 1. The second kappa shape index (κ2) is 5.98. The molecular formula is C13H19FN2O. The van der Waals surface area contributed by atoms with Crippen LogP contribution in [0.15, 0.2) is 24.3 Å². The molecule has 1 aliphatic heterocycles. The number of ether oxygens (including phenoxy) is 1. The van der Waals surface area contributed by atoms with Crippen LogP contribution in [0.25, 0.3) is 0 Å². The van der Waals surface area contributed by atoms with E-state index in [0.717, 1.165) is 38.3 Å². The Morgan fingerprint density at radius 3 is 3.12 bits per heavy atom. The second-order valence-corrected chi connectivity index (χ2v) is 4.38. The highest BCUT2D eigenvalue weighted by atomic mass is 19.1. The molecule has 94 valence electrons. The van der Waals surface area contributed by atoms with E-state index >= 15 is 0 Å². The van der Waals surface area contributed by atoms with Crippen LogP contribution >= 0.6 is 0 Å². The summed E-state index contributed by atoms with van der Waals surface area (Å²) in [5.74, 6) is -0.199. The lowest BCUT2D eigenvalue weighted by Gasteiger charge is -2.16. The third-order valence-corrected chi connectivity index (χ3v) is 3.14. The molecule has 2 rings (SSSR count). The van der Waals surface area contributed by atoms with Crippen LogP contribution in [0, 0.1) is 5.82 Å². The number of halogens is 1. The van der Waals surface area contributed by atoms with Crippen LogP contribution in [-0.4, -0.2) is 44.3 Å². The molecule has 0 saturated carbocycles. The standard InChI is InChI=1S/C13H19FN2O/c1-17-13-5-7-16(10-13)8-6-15-12-4-2-3-11(14)9-12/h2-4,9,13,15H,5-8,10H2,1H3. The van der Waals surface area contributed by atoms with E-state index in [1.165, 1.54) is 12.1 Å². The van der Waals surface area contributed by atoms with Crippen molar-refractivity contribution in [2.24, 2.45) is 0 Å². The highest BCUT2D eigenvalue weighted by molar-refractivity contribution is 5.42. The minimum Gasteiger partial charge on any atom is -0.384 e. The Balaban J connectivity index is 1.70. The van der Waals surface area contributed by atoms with Crippen molar-refractivity contribution >= 4 is 5.69 Å². The molecule has 1 atom stereocenters. The molecule has 3 nitrogen and oxygen atoms in total. The normalized spacial score (nSPS) is 20.7. The van der Waals surface area contributed by atoms with E-state index in [9.17, 15) is 4.39 Å². The van der Waals surface area contributed by atoms with Crippen molar-refractivity contribution in [3.63, 3.8) is 0 Å². The third kappa shape index (κ3) is 3.68. The molecule has 1 unspecified atom stereocenters. The molecule has 1 aromatic carbocycles. The summed E-state index contributed by atoms with van der Waals surface area (Å²) < 4.78 is 18.2. The van der Waals surface area contributed by atoms with Gasteiger partial charge in [0.2, 0.25) is 0 Å². The first kappa shape index (κ1) is 12.3. The Morgan fingerprint density at radius 1 is 1.53 bits per heavy atom. The molecule has 1 aliphatic rings. The van der Waals surface area contributed by atoms with Gasteiger partial charge in [-0.3, -0.25) is 4.90 Å². The number of methoxy groups -OCH3 is 1. The van der Waals surface area contributed by atoms with Crippen molar-refractivity contribution < 1.29 is 9.13 Å². The maximum absolute atomic E-state index is 12.9. The Morgan fingerprint density at radius 2 is 2.41 bits per heavy atom. The zero-order valence-corrected chi connectivity index (χ0v) is 10.2. The number of benzene rings is 1. The van der Waals surface area contributed by atoms with Crippen LogP contribution in [0.5, 0.6) is 0 Å². The molecule has 0 amide bonds. The van der Waals surface area contributed by atoms with E-state index < -0.39 is 0 Å². The van der Waals surface area contributed by atoms with Crippen LogP contribution in [-0.2, 0) is 4.74 Å². The molecule has 0 bridgehead atoms. The molecule has 0 aromatic heterocycles. The smallest absolute Gasteiger partial charge is 0.125 e. The van der Waals surface area contributed by atoms with E-state index in [0.29, 0.717) is 6.10 Å². The Bertz CT molecular complexity index is 359. The summed E-state index contributed by atoms with van der Waals surface area (Å²) in [5.41, 5.74) is 0.840. The summed E-state index contributed by atoms with van der Waals surface area (Å²) in [5, 5.41) is 3.22. The van der Waals surface area contributed by atoms with Gasteiger partial charge in [-0.05, 0) is 24.6 Å². The number of nitrogens with zero attached hydrogens (tertiary/aromatic N) is 1. The van der Waals surface area contributed by atoms with E-state index in [1.807, 2.05) is 6.07 Å². The van der Waals surface area contributed by atoms with Gasteiger partial charge in [-0.25, -0.2) is 4.39 Å². The van der Waals surface area contributed by atoms with E-state index in [1.54, 1.807) is 13.2 Å². The van der Waals surface area contributed by atoms with Gasteiger partial charge in [0.25, 0.3) is 0 Å². The van der Waals surface area contributed by atoms with Crippen LogP contribution < -0.4 is 5.32 Å². The number of likely N-dealkylation sites (tertiary alicyclic amines) is 1. The van der Waals surface area contributed by atoms with Crippen LogP contribution in [0.3, 0.4) is 0 Å². The van der Waals surface area contributed by atoms with Crippen molar-refractivity contribution in [1.82, 2.24) is 4.90 Å². The van der Waals surface area contributed by atoms with Crippen LogP contribution in [0.1, 0.15) is 6.42 Å². The molecule has 1 aromatic rings.